The minimum absolute atomic E-state index is 0.419. The standard InChI is InChI=1S/C63H64N2S3Si3/c1-63(2)53-39-55(64(41-21-29-45(66-3)30-22-41)42-23-31-46(32-24-42)69(4,5)6)59-51-17-13-15-19-57(51)67-61(59)49(53)37-38-50-54(63)40-56(60-52-18-14-16-20-58(52)68-62(50)60)65(43-25-33-47(34-26-43)70(7,8)9)44-27-35-48(36-28-44)71(10,11)12/h13-40H,1-12H3. The molecule has 0 atom stereocenters. The fourth-order valence-electron chi connectivity index (χ4n) is 10.7. The Morgan fingerprint density at radius 3 is 1.07 bits per heavy atom. The highest BCUT2D eigenvalue weighted by Gasteiger charge is 2.36. The molecule has 10 aromatic rings. The molecule has 0 bridgehead atoms. The van der Waals surface area contributed by atoms with Gasteiger partial charge in [-0.25, -0.2) is 0 Å². The molecular formula is C63H64N2S3Si3. The molecule has 0 amide bonds. The number of anilines is 6. The molecular weight excluding hydrogens is 965 g/mol. The second kappa shape index (κ2) is 17.6. The number of hydrogen-bond acceptors (Lipinski definition) is 5. The average Bonchev–Trinajstić information content (AvgIpc) is 3.91. The number of fused-ring (bicyclic) bond motifs is 10. The van der Waals surface area contributed by atoms with Gasteiger partial charge in [-0.1, -0.05) is 173 Å². The molecule has 71 heavy (non-hydrogen) atoms. The molecule has 11 rings (SSSR count). The van der Waals surface area contributed by atoms with Crippen LogP contribution < -0.4 is 25.4 Å². The minimum Gasteiger partial charge on any atom is -0.310 e. The molecule has 0 saturated carbocycles. The molecule has 1 aliphatic carbocycles. The first-order valence-electron chi connectivity index (χ1n) is 25.0. The van der Waals surface area contributed by atoms with E-state index in [2.05, 4.69) is 259 Å². The maximum atomic E-state index is 2.58. The van der Waals surface area contributed by atoms with Crippen molar-refractivity contribution >= 4 is 161 Å². The normalized spacial score (nSPS) is 13.7. The number of benzene rings is 8. The molecule has 0 unspecified atom stereocenters. The minimum atomic E-state index is -1.55. The summed E-state index contributed by atoms with van der Waals surface area (Å²) < 4.78 is 5.29. The molecule has 0 radical (unpaired) electrons. The van der Waals surface area contributed by atoms with Crippen LogP contribution in [0.5, 0.6) is 0 Å². The van der Waals surface area contributed by atoms with Crippen LogP contribution in [0.15, 0.2) is 163 Å². The quantitative estimate of drug-likeness (QED) is 0.0996. The summed E-state index contributed by atoms with van der Waals surface area (Å²) in [4.78, 5) is 6.37. The van der Waals surface area contributed by atoms with Crippen molar-refractivity contribution in [1.82, 2.24) is 0 Å². The number of rotatable bonds is 10. The molecule has 8 aromatic carbocycles. The van der Waals surface area contributed by atoms with E-state index < -0.39 is 29.6 Å². The number of thioether (sulfide) groups is 1. The van der Waals surface area contributed by atoms with Crippen molar-refractivity contribution in [3.63, 3.8) is 0 Å². The van der Waals surface area contributed by atoms with Gasteiger partial charge in [-0.15, -0.1) is 34.4 Å². The van der Waals surface area contributed by atoms with Crippen LogP contribution in [0, 0.1) is 0 Å². The van der Waals surface area contributed by atoms with Crippen molar-refractivity contribution < 1.29 is 0 Å². The van der Waals surface area contributed by atoms with E-state index in [0.717, 1.165) is 5.69 Å². The summed E-state index contributed by atoms with van der Waals surface area (Å²) in [7, 11) is -4.64. The van der Waals surface area contributed by atoms with E-state index in [1.54, 1.807) is 11.8 Å². The van der Waals surface area contributed by atoms with Crippen LogP contribution in [0.25, 0.3) is 52.5 Å². The Morgan fingerprint density at radius 1 is 0.423 bits per heavy atom. The Morgan fingerprint density at radius 2 is 0.746 bits per heavy atom. The largest absolute Gasteiger partial charge is 0.310 e. The lowest BCUT2D eigenvalue weighted by atomic mass is 9.74. The lowest BCUT2D eigenvalue weighted by Crippen LogP contribution is -2.37. The molecule has 0 N–H and O–H groups in total. The maximum Gasteiger partial charge on any atom is 0.0775 e. The van der Waals surface area contributed by atoms with Crippen LogP contribution in [0.1, 0.15) is 36.1 Å². The van der Waals surface area contributed by atoms with Gasteiger partial charge in [0, 0.05) is 73.4 Å². The van der Waals surface area contributed by atoms with Crippen molar-refractivity contribution in [3.8, 4) is 0 Å². The van der Waals surface area contributed by atoms with Gasteiger partial charge in [-0.2, -0.15) is 0 Å². The summed E-state index contributed by atoms with van der Waals surface area (Å²) in [6.45, 7) is 26.9. The second-order valence-corrected chi connectivity index (χ2v) is 41.3. The fourth-order valence-corrected chi connectivity index (χ4v) is 17.2. The first-order valence-corrected chi connectivity index (χ1v) is 38.4. The molecule has 0 fully saturated rings. The highest BCUT2D eigenvalue weighted by Crippen LogP contribution is 2.55. The van der Waals surface area contributed by atoms with Crippen molar-refractivity contribution in [3.05, 3.63) is 180 Å². The van der Waals surface area contributed by atoms with Crippen LogP contribution in [0.2, 0.25) is 58.9 Å². The van der Waals surface area contributed by atoms with Gasteiger partial charge >= 0.3 is 0 Å². The second-order valence-electron chi connectivity index (χ2n) is 23.0. The number of hydrogen-bond donors (Lipinski definition) is 0. The fraction of sp³-hybridized carbons (Fsp3) is 0.206. The lowest BCUT2D eigenvalue weighted by molar-refractivity contribution is 0.642. The van der Waals surface area contributed by atoms with E-state index in [9.17, 15) is 0 Å². The van der Waals surface area contributed by atoms with E-state index >= 15 is 0 Å². The third kappa shape index (κ3) is 8.38. The SMILES string of the molecule is CSc1ccc(N(c2ccc([Si](C)(C)C)cc2)c2cc3c(c4sc5ccccc5c24)C=Cc2c(cc(N(c4ccc([Si](C)(C)C)cc4)c4ccc([Si](C)(C)C)cc4)c4c2sc2ccccc24)C3(C)C)cc1. The van der Waals surface area contributed by atoms with Crippen LogP contribution in [0.4, 0.5) is 34.1 Å². The van der Waals surface area contributed by atoms with E-state index in [0.29, 0.717) is 0 Å². The summed E-state index contributed by atoms with van der Waals surface area (Å²) in [5.41, 5.74) is 12.0. The van der Waals surface area contributed by atoms with Crippen molar-refractivity contribution in [1.29, 1.82) is 0 Å². The van der Waals surface area contributed by atoms with E-state index in [4.69, 9.17) is 0 Å². The monoisotopic (exact) mass is 1030 g/mol. The first-order chi connectivity index (χ1) is 33.8. The van der Waals surface area contributed by atoms with Crippen molar-refractivity contribution in [2.75, 3.05) is 16.1 Å². The van der Waals surface area contributed by atoms with Crippen molar-refractivity contribution in [2.45, 2.75) is 83.1 Å². The molecule has 2 nitrogen and oxygen atoms in total. The number of nitrogens with zero attached hydrogens (tertiary/aromatic N) is 2. The molecule has 356 valence electrons. The van der Waals surface area contributed by atoms with E-state index in [1.165, 1.54) is 111 Å². The Balaban J connectivity index is 1.21. The Bertz CT molecular complexity index is 3640. The van der Waals surface area contributed by atoms with E-state index in [1.807, 2.05) is 22.7 Å². The summed E-state index contributed by atoms with van der Waals surface area (Å²) in [5.74, 6) is 0. The summed E-state index contributed by atoms with van der Waals surface area (Å²) in [5, 5.41) is 9.62. The first kappa shape index (κ1) is 47.8. The highest BCUT2D eigenvalue weighted by molar-refractivity contribution is 7.98. The Hall–Kier alpha value is -5.46. The predicted molar refractivity (Wildman–Crippen MR) is 330 cm³/mol. The lowest BCUT2D eigenvalue weighted by Gasteiger charge is -2.34. The summed E-state index contributed by atoms with van der Waals surface area (Å²) in [6.07, 6.45) is 7.10. The Kier molecular flexibility index (Phi) is 11.9. The van der Waals surface area contributed by atoms with Gasteiger partial charge in [0.2, 0.25) is 0 Å². The van der Waals surface area contributed by atoms with Gasteiger partial charge in [-0.3, -0.25) is 0 Å². The molecule has 1 aliphatic rings. The summed E-state index contributed by atoms with van der Waals surface area (Å²) >= 11 is 5.67. The molecule has 8 heteroatoms. The van der Waals surface area contributed by atoms with Crippen LogP contribution >= 0.6 is 34.4 Å². The molecule has 0 saturated heterocycles. The van der Waals surface area contributed by atoms with Crippen LogP contribution in [-0.2, 0) is 5.41 Å². The van der Waals surface area contributed by atoms with Crippen LogP contribution in [0.3, 0.4) is 0 Å². The van der Waals surface area contributed by atoms with Gasteiger partial charge in [0.1, 0.15) is 0 Å². The molecule has 0 spiro atoms. The smallest absolute Gasteiger partial charge is 0.0775 e. The zero-order valence-electron chi connectivity index (χ0n) is 43.3. The maximum absolute atomic E-state index is 2.58. The third-order valence-corrected chi connectivity index (χ3v) is 24.2. The Labute approximate surface area is 436 Å². The van der Waals surface area contributed by atoms with Gasteiger partial charge in [0.05, 0.1) is 35.6 Å². The molecule has 2 heterocycles. The molecule has 2 aromatic heterocycles. The van der Waals surface area contributed by atoms with Gasteiger partial charge in [-0.05, 0) is 113 Å². The molecule has 0 aliphatic heterocycles. The van der Waals surface area contributed by atoms with E-state index in [-0.39, 0.29) is 0 Å². The topological polar surface area (TPSA) is 6.48 Å². The summed E-state index contributed by atoms with van der Waals surface area (Å²) in [6, 6.07) is 61.1. The van der Waals surface area contributed by atoms with Gasteiger partial charge in [0.25, 0.3) is 0 Å². The average molecular weight is 1030 g/mol. The zero-order chi connectivity index (χ0) is 49.8. The number of thiophene rings is 2. The van der Waals surface area contributed by atoms with Crippen molar-refractivity contribution in [2.24, 2.45) is 0 Å². The zero-order valence-corrected chi connectivity index (χ0v) is 48.7. The van der Waals surface area contributed by atoms with Gasteiger partial charge in [0.15, 0.2) is 0 Å². The van der Waals surface area contributed by atoms with Crippen LogP contribution in [-0.4, -0.2) is 30.5 Å². The highest BCUT2D eigenvalue weighted by atomic mass is 32.2. The third-order valence-electron chi connectivity index (χ3n) is 14.9. The van der Waals surface area contributed by atoms with Gasteiger partial charge < -0.3 is 9.80 Å². The predicted octanol–water partition coefficient (Wildman–Crippen LogP) is 18.5.